The van der Waals surface area contributed by atoms with E-state index in [9.17, 15) is 9.50 Å². The molecule has 0 unspecified atom stereocenters. The Kier molecular flexibility index (Phi) is 3.76. The molecule has 0 spiro atoms. The Morgan fingerprint density at radius 3 is 2.90 bits per heavy atom. The van der Waals surface area contributed by atoms with Crippen LogP contribution in [-0.4, -0.2) is 5.11 Å². The van der Waals surface area contributed by atoms with Crippen LogP contribution >= 0.6 is 15.9 Å². The number of rotatable bonds is 3. The van der Waals surface area contributed by atoms with Gasteiger partial charge in [0.05, 0.1) is 6.10 Å². The van der Waals surface area contributed by atoms with Gasteiger partial charge in [0, 0.05) is 10.0 Å². The third-order valence-corrected chi connectivity index (χ3v) is 4.31. The van der Waals surface area contributed by atoms with E-state index in [0.717, 1.165) is 35.3 Å². The minimum absolute atomic E-state index is 0.271. The summed E-state index contributed by atoms with van der Waals surface area (Å²) >= 11 is 3.33. The van der Waals surface area contributed by atoms with Crippen LogP contribution in [0.5, 0.6) is 5.75 Å². The molecule has 2 aromatic carbocycles. The molecule has 0 bridgehead atoms. The summed E-state index contributed by atoms with van der Waals surface area (Å²) < 4.78 is 19.4. The molecule has 0 aromatic heterocycles. The molecule has 1 N–H and O–H groups in total. The van der Waals surface area contributed by atoms with Gasteiger partial charge in [-0.15, -0.1) is 0 Å². The molecule has 0 saturated heterocycles. The molecule has 0 radical (unpaired) electrons. The number of fused-ring (bicyclic) bond motifs is 1. The molecule has 0 fully saturated rings. The van der Waals surface area contributed by atoms with Crippen LogP contribution in [0, 0.1) is 5.82 Å². The summed E-state index contributed by atoms with van der Waals surface area (Å²) in [6.45, 7) is 0.377. The van der Waals surface area contributed by atoms with Crippen molar-refractivity contribution in [1.29, 1.82) is 0 Å². The Labute approximate surface area is 125 Å². The van der Waals surface area contributed by atoms with E-state index < -0.39 is 0 Å². The van der Waals surface area contributed by atoms with Gasteiger partial charge in [0.2, 0.25) is 0 Å². The first-order valence-corrected chi connectivity index (χ1v) is 7.30. The summed E-state index contributed by atoms with van der Waals surface area (Å²) in [7, 11) is 0. The zero-order valence-electron chi connectivity index (χ0n) is 10.8. The lowest BCUT2D eigenvalue weighted by Crippen LogP contribution is -1.98. The SMILES string of the molecule is O[C@H]1CCc2cc(OCc3ccc(F)cc3Br)ccc21. The smallest absolute Gasteiger partial charge is 0.124 e. The topological polar surface area (TPSA) is 29.5 Å². The first-order valence-electron chi connectivity index (χ1n) is 6.51. The Morgan fingerprint density at radius 2 is 2.10 bits per heavy atom. The van der Waals surface area contributed by atoms with Crippen molar-refractivity contribution in [3.63, 3.8) is 0 Å². The van der Waals surface area contributed by atoms with Crippen LogP contribution in [-0.2, 0) is 13.0 Å². The Balaban J connectivity index is 1.73. The van der Waals surface area contributed by atoms with Gasteiger partial charge in [0.15, 0.2) is 0 Å². The molecular formula is C16H14BrFO2. The van der Waals surface area contributed by atoms with Crippen molar-refractivity contribution in [2.45, 2.75) is 25.6 Å². The fourth-order valence-corrected chi connectivity index (χ4v) is 2.93. The zero-order chi connectivity index (χ0) is 14.1. The van der Waals surface area contributed by atoms with Crippen molar-refractivity contribution in [3.05, 3.63) is 63.4 Å². The number of aryl methyl sites for hydroxylation is 1. The molecule has 1 aliphatic rings. The largest absolute Gasteiger partial charge is 0.489 e. The van der Waals surface area contributed by atoms with Crippen LogP contribution in [0.25, 0.3) is 0 Å². The van der Waals surface area contributed by atoms with Crippen LogP contribution in [0.4, 0.5) is 4.39 Å². The Bertz CT molecular complexity index is 642. The Morgan fingerprint density at radius 1 is 1.25 bits per heavy atom. The van der Waals surface area contributed by atoms with E-state index in [1.165, 1.54) is 12.1 Å². The number of halogens is 2. The minimum Gasteiger partial charge on any atom is -0.489 e. The predicted molar refractivity (Wildman–Crippen MR) is 78.2 cm³/mol. The van der Waals surface area contributed by atoms with Crippen LogP contribution in [0.2, 0.25) is 0 Å². The molecule has 0 amide bonds. The number of benzene rings is 2. The molecule has 104 valence electrons. The van der Waals surface area contributed by atoms with Gasteiger partial charge in [-0.2, -0.15) is 0 Å². The molecule has 20 heavy (non-hydrogen) atoms. The van der Waals surface area contributed by atoms with E-state index in [1.807, 2.05) is 18.2 Å². The highest BCUT2D eigenvalue weighted by Gasteiger charge is 2.20. The first-order chi connectivity index (χ1) is 9.63. The molecule has 2 nitrogen and oxygen atoms in total. The van der Waals surface area contributed by atoms with Crippen molar-refractivity contribution in [3.8, 4) is 5.75 Å². The highest BCUT2D eigenvalue weighted by atomic mass is 79.9. The molecule has 2 aromatic rings. The molecule has 1 aliphatic carbocycles. The number of hydrogen-bond acceptors (Lipinski definition) is 2. The van der Waals surface area contributed by atoms with E-state index >= 15 is 0 Å². The zero-order valence-corrected chi connectivity index (χ0v) is 12.4. The third kappa shape index (κ3) is 2.72. The van der Waals surface area contributed by atoms with Crippen LogP contribution in [0.3, 0.4) is 0 Å². The maximum absolute atomic E-state index is 13.0. The second-order valence-corrected chi connectivity index (χ2v) is 5.79. The second-order valence-electron chi connectivity index (χ2n) is 4.94. The van der Waals surface area contributed by atoms with Crippen LogP contribution < -0.4 is 4.74 Å². The van der Waals surface area contributed by atoms with Gasteiger partial charge in [-0.3, -0.25) is 0 Å². The molecule has 0 heterocycles. The van der Waals surface area contributed by atoms with Crippen LogP contribution in [0.1, 0.15) is 29.2 Å². The normalized spacial score (nSPS) is 17.1. The monoisotopic (exact) mass is 336 g/mol. The third-order valence-electron chi connectivity index (χ3n) is 3.57. The molecule has 1 atom stereocenters. The molecular weight excluding hydrogens is 323 g/mol. The number of ether oxygens (including phenoxy) is 1. The lowest BCUT2D eigenvalue weighted by atomic mass is 10.1. The molecule has 3 rings (SSSR count). The Hall–Kier alpha value is -1.39. The lowest BCUT2D eigenvalue weighted by molar-refractivity contribution is 0.180. The molecule has 4 heteroatoms. The second kappa shape index (κ2) is 5.54. The fraction of sp³-hybridized carbons (Fsp3) is 0.250. The maximum atomic E-state index is 13.0. The van der Waals surface area contributed by atoms with Gasteiger partial charge in [-0.05, 0) is 48.2 Å². The summed E-state index contributed by atoms with van der Waals surface area (Å²) in [6, 6.07) is 10.3. The number of aliphatic hydroxyl groups excluding tert-OH is 1. The fourth-order valence-electron chi connectivity index (χ4n) is 2.46. The maximum Gasteiger partial charge on any atom is 0.124 e. The van der Waals surface area contributed by atoms with E-state index in [1.54, 1.807) is 6.07 Å². The highest BCUT2D eigenvalue weighted by Crippen LogP contribution is 2.33. The highest BCUT2D eigenvalue weighted by molar-refractivity contribution is 9.10. The van der Waals surface area contributed by atoms with Crippen molar-refractivity contribution in [1.82, 2.24) is 0 Å². The van der Waals surface area contributed by atoms with Crippen molar-refractivity contribution in [2.75, 3.05) is 0 Å². The van der Waals surface area contributed by atoms with Gasteiger partial charge >= 0.3 is 0 Å². The summed E-state index contributed by atoms with van der Waals surface area (Å²) in [5.41, 5.74) is 3.04. The van der Waals surface area contributed by atoms with Crippen molar-refractivity contribution >= 4 is 15.9 Å². The van der Waals surface area contributed by atoms with E-state index in [0.29, 0.717) is 11.1 Å². The average Bonchev–Trinajstić information content (AvgIpc) is 2.79. The number of hydrogen-bond donors (Lipinski definition) is 1. The van der Waals surface area contributed by atoms with Gasteiger partial charge < -0.3 is 9.84 Å². The molecule has 0 aliphatic heterocycles. The van der Waals surface area contributed by atoms with Crippen LogP contribution in [0.15, 0.2) is 40.9 Å². The van der Waals surface area contributed by atoms with Gasteiger partial charge in [-0.1, -0.05) is 28.1 Å². The standard InChI is InChI=1S/C16H14BrFO2/c17-15-8-12(18)3-1-11(15)9-20-13-4-5-14-10(7-13)2-6-16(14)19/h1,3-5,7-8,16,19H,2,6,9H2/t16-/m0/s1. The summed E-state index contributed by atoms with van der Waals surface area (Å²) in [6.07, 6.45) is 1.32. The summed E-state index contributed by atoms with van der Waals surface area (Å²) in [5, 5.41) is 9.76. The van der Waals surface area contributed by atoms with Gasteiger partial charge in [-0.25, -0.2) is 4.39 Å². The average molecular weight is 337 g/mol. The summed E-state index contributed by atoms with van der Waals surface area (Å²) in [5.74, 6) is 0.501. The van der Waals surface area contributed by atoms with E-state index in [-0.39, 0.29) is 11.9 Å². The first kappa shape index (κ1) is 13.6. The van der Waals surface area contributed by atoms with E-state index in [2.05, 4.69) is 15.9 Å². The lowest BCUT2D eigenvalue weighted by Gasteiger charge is -2.10. The quantitative estimate of drug-likeness (QED) is 0.912. The predicted octanol–water partition coefficient (Wildman–Crippen LogP) is 4.15. The van der Waals surface area contributed by atoms with Gasteiger partial charge in [0.25, 0.3) is 0 Å². The minimum atomic E-state index is -0.342. The van der Waals surface area contributed by atoms with E-state index in [4.69, 9.17) is 4.74 Å². The van der Waals surface area contributed by atoms with Crippen molar-refractivity contribution < 1.29 is 14.2 Å². The van der Waals surface area contributed by atoms with Gasteiger partial charge in [0.1, 0.15) is 18.2 Å². The molecule has 0 saturated carbocycles. The van der Waals surface area contributed by atoms with Crippen molar-refractivity contribution in [2.24, 2.45) is 0 Å². The number of aliphatic hydroxyl groups is 1. The summed E-state index contributed by atoms with van der Waals surface area (Å²) in [4.78, 5) is 0.